The minimum absolute atomic E-state index is 0.0169. The first-order valence-corrected chi connectivity index (χ1v) is 8.41. The van der Waals surface area contributed by atoms with Gasteiger partial charge in [-0.15, -0.1) is 17.9 Å². The van der Waals surface area contributed by atoms with Gasteiger partial charge in [0.15, 0.2) is 5.13 Å². The van der Waals surface area contributed by atoms with Crippen LogP contribution in [0.15, 0.2) is 36.4 Å². The topological polar surface area (TPSA) is 45.2 Å². The largest absolute Gasteiger partial charge is 0.358 e. The molecular weight excluding hydrogens is 302 g/mol. The van der Waals surface area contributed by atoms with Crippen molar-refractivity contribution in [2.24, 2.45) is 0 Å². The van der Waals surface area contributed by atoms with Crippen LogP contribution in [-0.4, -0.2) is 35.4 Å². The summed E-state index contributed by atoms with van der Waals surface area (Å²) in [5.74, 6) is 0.0169. The zero-order chi connectivity index (χ0) is 15.2. The van der Waals surface area contributed by atoms with Gasteiger partial charge in [0.1, 0.15) is 4.88 Å². The molecule has 21 heavy (non-hydrogen) atoms. The van der Waals surface area contributed by atoms with Crippen molar-refractivity contribution in [2.45, 2.75) is 19.4 Å². The minimum atomic E-state index is 0.0169. The van der Waals surface area contributed by atoms with E-state index in [1.807, 2.05) is 13.1 Å². The average molecular weight is 321 g/mol. The Kier molecular flexibility index (Phi) is 5.52. The van der Waals surface area contributed by atoms with E-state index in [0.717, 1.165) is 11.6 Å². The Labute approximate surface area is 133 Å². The van der Waals surface area contributed by atoms with Gasteiger partial charge in [-0.1, -0.05) is 23.5 Å². The molecule has 1 amide bonds. The second kappa shape index (κ2) is 7.38. The maximum absolute atomic E-state index is 12.5. The minimum Gasteiger partial charge on any atom is -0.358 e. The van der Waals surface area contributed by atoms with Crippen molar-refractivity contribution in [3.8, 4) is 0 Å². The number of hydrogen-bond acceptors (Lipinski definition) is 5. The fourth-order valence-electron chi connectivity index (χ4n) is 1.84. The molecule has 0 aliphatic rings. The number of rotatable bonds is 7. The molecule has 0 spiro atoms. The molecule has 0 fully saturated rings. The number of thiophene rings is 1. The normalized spacial score (nSPS) is 11.9. The zero-order valence-corrected chi connectivity index (χ0v) is 13.8. The number of amides is 1. The van der Waals surface area contributed by atoms with Gasteiger partial charge in [-0.25, -0.2) is 4.98 Å². The van der Waals surface area contributed by atoms with Gasteiger partial charge in [0.05, 0.1) is 6.20 Å². The molecular formula is C15H19N3OS2. The summed E-state index contributed by atoms with van der Waals surface area (Å²) in [6.45, 7) is 6.35. The van der Waals surface area contributed by atoms with Gasteiger partial charge in [0.25, 0.3) is 5.91 Å². The summed E-state index contributed by atoms with van der Waals surface area (Å²) in [7, 11) is 1.84. The van der Waals surface area contributed by atoms with Crippen molar-refractivity contribution in [3.63, 3.8) is 0 Å². The number of likely N-dealkylation sites (N-methyl/N-ethyl adjacent to an activating group) is 1. The molecule has 1 atom stereocenters. The first-order chi connectivity index (χ1) is 10.1. The standard InChI is InChI=1S/C15H19N3OS2/c1-4-7-16-15-17-10-13(21-15)14(19)18(3)11(2)9-12-6-5-8-20-12/h4-6,8,10-11H,1,7,9H2,2-3H3,(H,16,17)/t11-/m0/s1. The van der Waals surface area contributed by atoms with E-state index in [4.69, 9.17) is 0 Å². The third-order valence-corrected chi connectivity index (χ3v) is 5.01. The van der Waals surface area contributed by atoms with Gasteiger partial charge in [-0.05, 0) is 18.4 Å². The molecule has 0 saturated carbocycles. The highest BCUT2D eigenvalue weighted by molar-refractivity contribution is 7.17. The number of carbonyl (C=O) groups excluding carboxylic acids is 1. The van der Waals surface area contributed by atoms with Crippen molar-refractivity contribution in [1.82, 2.24) is 9.88 Å². The summed E-state index contributed by atoms with van der Waals surface area (Å²) >= 11 is 3.10. The molecule has 112 valence electrons. The van der Waals surface area contributed by atoms with E-state index in [9.17, 15) is 4.79 Å². The predicted octanol–water partition coefficient (Wildman–Crippen LogP) is 3.51. The van der Waals surface area contributed by atoms with Gasteiger partial charge < -0.3 is 10.2 Å². The molecule has 0 radical (unpaired) electrons. The summed E-state index contributed by atoms with van der Waals surface area (Å²) < 4.78 is 0. The fraction of sp³-hybridized carbons (Fsp3) is 0.333. The maximum atomic E-state index is 12.5. The van der Waals surface area contributed by atoms with E-state index in [-0.39, 0.29) is 11.9 Å². The SMILES string of the molecule is C=CCNc1ncc(C(=O)N(C)[C@@H](C)Cc2cccs2)s1. The lowest BCUT2D eigenvalue weighted by atomic mass is 10.2. The van der Waals surface area contributed by atoms with Gasteiger partial charge >= 0.3 is 0 Å². The van der Waals surface area contributed by atoms with Crippen molar-refractivity contribution in [3.05, 3.63) is 46.1 Å². The van der Waals surface area contributed by atoms with Crippen molar-refractivity contribution in [2.75, 3.05) is 18.9 Å². The molecule has 0 saturated heterocycles. The zero-order valence-electron chi connectivity index (χ0n) is 12.2. The van der Waals surface area contributed by atoms with E-state index in [0.29, 0.717) is 11.4 Å². The molecule has 2 aromatic rings. The van der Waals surface area contributed by atoms with Crippen molar-refractivity contribution >= 4 is 33.7 Å². The number of nitrogens with one attached hydrogen (secondary N) is 1. The highest BCUT2D eigenvalue weighted by atomic mass is 32.1. The van der Waals surface area contributed by atoms with Crippen molar-refractivity contribution in [1.29, 1.82) is 0 Å². The smallest absolute Gasteiger partial charge is 0.265 e. The van der Waals surface area contributed by atoms with Crippen LogP contribution in [0.4, 0.5) is 5.13 Å². The van der Waals surface area contributed by atoms with Crippen LogP contribution in [0, 0.1) is 0 Å². The third-order valence-electron chi connectivity index (χ3n) is 3.17. The maximum Gasteiger partial charge on any atom is 0.265 e. The Morgan fingerprint density at radius 3 is 3.10 bits per heavy atom. The first kappa shape index (κ1) is 15.7. The second-order valence-electron chi connectivity index (χ2n) is 4.75. The first-order valence-electron chi connectivity index (χ1n) is 6.72. The Bertz CT molecular complexity index is 592. The van der Waals surface area contributed by atoms with E-state index in [2.05, 4.69) is 35.2 Å². The summed E-state index contributed by atoms with van der Waals surface area (Å²) in [6.07, 6.45) is 4.27. The van der Waals surface area contributed by atoms with E-state index in [1.54, 1.807) is 28.5 Å². The number of nitrogens with zero attached hydrogens (tertiary/aromatic N) is 2. The number of thiazole rings is 1. The van der Waals surface area contributed by atoms with Crippen LogP contribution < -0.4 is 5.32 Å². The molecule has 1 N–H and O–H groups in total. The number of carbonyl (C=O) groups is 1. The van der Waals surface area contributed by atoms with Crippen LogP contribution in [0.1, 0.15) is 21.5 Å². The monoisotopic (exact) mass is 321 g/mol. The lowest BCUT2D eigenvalue weighted by molar-refractivity contribution is 0.0748. The molecule has 0 aromatic carbocycles. The third kappa shape index (κ3) is 4.15. The Morgan fingerprint density at radius 1 is 1.62 bits per heavy atom. The lowest BCUT2D eigenvalue weighted by Crippen LogP contribution is -2.35. The van der Waals surface area contributed by atoms with Crippen LogP contribution in [-0.2, 0) is 6.42 Å². The highest BCUT2D eigenvalue weighted by Gasteiger charge is 2.20. The quantitative estimate of drug-likeness (QED) is 0.794. The molecule has 0 aliphatic carbocycles. The van der Waals surface area contributed by atoms with Gasteiger partial charge in [-0.3, -0.25) is 4.79 Å². The molecule has 4 nitrogen and oxygen atoms in total. The summed E-state index contributed by atoms with van der Waals surface area (Å²) in [6, 6.07) is 4.29. The Hall–Kier alpha value is -1.66. The van der Waals surface area contributed by atoms with E-state index in [1.165, 1.54) is 16.2 Å². The van der Waals surface area contributed by atoms with Crippen LogP contribution in [0.5, 0.6) is 0 Å². The molecule has 2 heterocycles. The number of hydrogen-bond donors (Lipinski definition) is 1. The fourth-order valence-corrected chi connectivity index (χ4v) is 3.48. The molecule has 2 aromatic heterocycles. The summed E-state index contributed by atoms with van der Waals surface area (Å²) in [4.78, 5) is 20.4. The number of anilines is 1. The van der Waals surface area contributed by atoms with Gasteiger partial charge in [0, 0.05) is 30.9 Å². The highest BCUT2D eigenvalue weighted by Crippen LogP contribution is 2.21. The molecule has 0 unspecified atom stereocenters. The van der Waals surface area contributed by atoms with Gasteiger partial charge in [0.2, 0.25) is 0 Å². The van der Waals surface area contributed by atoms with Crippen LogP contribution in [0.2, 0.25) is 0 Å². The van der Waals surface area contributed by atoms with Crippen LogP contribution in [0.3, 0.4) is 0 Å². The van der Waals surface area contributed by atoms with E-state index >= 15 is 0 Å². The second-order valence-corrected chi connectivity index (χ2v) is 6.81. The molecule has 0 bridgehead atoms. The Morgan fingerprint density at radius 2 is 2.43 bits per heavy atom. The van der Waals surface area contributed by atoms with E-state index < -0.39 is 0 Å². The molecule has 0 aliphatic heterocycles. The van der Waals surface area contributed by atoms with Crippen LogP contribution >= 0.6 is 22.7 Å². The van der Waals surface area contributed by atoms with Gasteiger partial charge in [-0.2, -0.15) is 0 Å². The summed E-state index contributed by atoms with van der Waals surface area (Å²) in [5, 5.41) is 5.90. The molecule has 2 rings (SSSR count). The van der Waals surface area contributed by atoms with Crippen molar-refractivity contribution < 1.29 is 4.79 Å². The van der Waals surface area contributed by atoms with Crippen LogP contribution in [0.25, 0.3) is 0 Å². The predicted molar refractivity (Wildman–Crippen MR) is 90.4 cm³/mol. The molecule has 6 heteroatoms. The lowest BCUT2D eigenvalue weighted by Gasteiger charge is -2.23. The Balaban J connectivity index is 1.97. The number of aromatic nitrogens is 1. The summed E-state index contributed by atoms with van der Waals surface area (Å²) in [5.41, 5.74) is 0. The average Bonchev–Trinajstić information content (AvgIpc) is 3.14.